The van der Waals surface area contributed by atoms with Crippen LogP contribution in [-0.2, 0) is 19.4 Å². The molecule has 2 aromatic carbocycles. The highest BCUT2D eigenvalue weighted by atomic mass is 16.5. The zero-order valence-electron chi connectivity index (χ0n) is 12.1. The molecule has 0 bridgehead atoms. The van der Waals surface area contributed by atoms with Crippen LogP contribution in [0.3, 0.4) is 0 Å². The van der Waals surface area contributed by atoms with Crippen molar-refractivity contribution in [2.45, 2.75) is 32.8 Å². The normalized spacial score (nSPS) is 13.0. The highest BCUT2D eigenvalue weighted by molar-refractivity contribution is 5.91. The first-order valence-electron chi connectivity index (χ1n) is 7.21. The van der Waals surface area contributed by atoms with Gasteiger partial charge in [-0.1, -0.05) is 29.8 Å². The van der Waals surface area contributed by atoms with Gasteiger partial charge < -0.3 is 9.84 Å². The van der Waals surface area contributed by atoms with Gasteiger partial charge in [-0.2, -0.15) is 0 Å². The van der Waals surface area contributed by atoms with Crippen molar-refractivity contribution in [3.8, 4) is 5.75 Å². The highest BCUT2D eigenvalue weighted by Crippen LogP contribution is 2.25. The summed E-state index contributed by atoms with van der Waals surface area (Å²) >= 11 is 0. The number of hydrogen-bond donors (Lipinski definition) is 1. The molecule has 0 radical (unpaired) electrons. The third kappa shape index (κ3) is 2.92. The van der Waals surface area contributed by atoms with Crippen LogP contribution in [0.25, 0.3) is 0 Å². The monoisotopic (exact) mass is 282 g/mol. The molecule has 0 unspecified atom stereocenters. The predicted octanol–water partition coefficient (Wildman–Crippen LogP) is 3.76. The van der Waals surface area contributed by atoms with Gasteiger partial charge in [-0.05, 0) is 55.0 Å². The fraction of sp³-hybridized carbons (Fsp3) is 0.278. The number of hydrogen-bond acceptors (Lipinski definition) is 2. The first-order chi connectivity index (χ1) is 10.1. The molecule has 0 atom stereocenters. The molecule has 108 valence electrons. The summed E-state index contributed by atoms with van der Waals surface area (Å²) in [5.74, 6) is -0.531. The summed E-state index contributed by atoms with van der Waals surface area (Å²) < 4.78 is 5.72. The zero-order valence-corrected chi connectivity index (χ0v) is 12.1. The van der Waals surface area contributed by atoms with Crippen LogP contribution in [0.15, 0.2) is 36.4 Å². The first-order valence-corrected chi connectivity index (χ1v) is 7.21. The number of benzene rings is 2. The fourth-order valence-corrected chi connectivity index (χ4v) is 2.81. The lowest BCUT2D eigenvalue weighted by Gasteiger charge is -2.11. The minimum absolute atomic E-state index is 0.219. The number of carbonyl (C=O) groups is 1. The average molecular weight is 282 g/mol. The molecule has 1 aliphatic carbocycles. The Bertz CT molecular complexity index is 689. The van der Waals surface area contributed by atoms with E-state index >= 15 is 0 Å². The van der Waals surface area contributed by atoms with E-state index in [1.165, 1.54) is 17.5 Å². The van der Waals surface area contributed by atoms with Gasteiger partial charge in [0.25, 0.3) is 0 Å². The molecule has 0 saturated heterocycles. The lowest BCUT2D eigenvalue weighted by atomic mass is 10.1. The SMILES string of the molecule is Cc1ccc(OCc2ccc3c(c2)CCC3)c(C(=O)O)c1. The van der Waals surface area contributed by atoms with Gasteiger partial charge >= 0.3 is 5.97 Å². The van der Waals surface area contributed by atoms with Crippen LogP contribution in [0.2, 0.25) is 0 Å². The van der Waals surface area contributed by atoms with Crippen molar-refractivity contribution in [1.82, 2.24) is 0 Å². The fourth-order valence-electron chi connectivity index (χ4n) is 2.81. The molecule has 0 heterocycles. The maximum absolute atomic E-state index is 11.3. The standard InChI is InChI=1S/C18H18O3/c1-12-5-8-17(16(9-12)18(19)20)21-11-13-6-7-14-3-2-4-15(14)10-13/h5-10H,2-4,11H2,1H3,(H,19,20). The zero-order chi connectivity index (χ0) is 14.8. The van der Waals surface area contributed by atoms with Gasteiger partial charge in [0.1, 0.15) is 17.9 Å². The van der Waals surface area contributed by atoms with E-state index in [1.54, 1.807) is 12.1 Å². The number of carboxylic acid groups (broad SMARTS) is 1. The van der Waals surface area contributed by atoms with Crippen molar-refractivity contribution in [2.24, 2.45) is 0 Å². The minimum atomic E-state index is -0.956. The predicted molar refractivity (Wildman–Crippen MR) is 80.9 cm³/mol. The van der Waals surface area contributed by atoms with Crippen LogP contribution in [-0.4, -0.2) is 11.1 Å². The topological polar surface area (TPSA) is 46.5 Å². The molecule has 0 amide bonds. The van der Waals surface area contributed by atoms with Crippen molar-refractivity contribution in [2.75, 3.05) is 0 Å². The van der Waals surface area contributed by atoms with E-state index in [0.29, 0.717) is 12.4 Å². The van der Waals surface area contributed by atoms with E-state index < -0.39 is 5.97 Å². The summed E-state index contributed by atoms with van der Waals surface area (Å²) in [6.07, 6.45) is 3.52. The molecule has 3 heteroatoms. The van der Waals surface area contributed by atoms with Crippen LogP contribution >= 0.6 is 0 Å². The van der Waals surface area contributed by atoms with Gasteiger partial charge in [0.2, 0.25) is 0 Å². The first kappa shape index (κ1) is 13.7. The van der Waals surface area contributed by atoms with Crippen LogP contribution in [0.1, 0.15) is 39.0 Å². The van der Waals surface area contributed by atoms with E-state index in [0.717, 1.165) is 24.0 Å². The molecule has 1 aliphatic rings. The summed E-state index contributed by atoms with van der Waals surface area (Å²) in [7, 11) is 0. The third-order valence-electron chi connectivity index (χ3n) is 3.92. The van der Waals surface area contributed by atoms with Gasteiger partial charge in [-0.15, -0.1) is 0 Å². The third-order valence-corrected chi connectivity index (χ3v) is 3.92. The van der Waals surface area contributed by atoms with E-state index in [4.69, 9.17) is 4.74 Å². The summed E-state index contributed by atoms with van der Waals surface area (Å²) in [5, 5.41) is 9.23. The average Bonchev–Trinajstić information content (AvgIpc) is 2.93. The molecule has 3 nitrogen and oxygen atoms in total. The molecule has 1 N–H and O–H groups in total. The number of rotatable bonds is 4. The Balaban J connectivity index is 1.77. The van der Waals surface area contributed by atoms with Crippen LogP contribution in [0.4, 0.5) is 0 Å². The number of fused-ring (bicyclic) bond motifs is 1. The highest BCUT2D eigenvalue weighted by Gasteiger charge is 2.13. The molecular weight excluding hydrogens is 264 g/mol. The van der Waals surface area contributed by atoms with E-state index in [2.05, 4.69) is 18.2 Å². The van der Waals surface area contributed by atoms with Crippen molar-refractivity contribution in [1.29, 1.82) is 0 Å². The van der Waals surface area contributed by atoms with Crippen molar-refractivity contribution in [3.05, 3.63) is 64.2 Å². The second-order valence-corrected chi connectivity index (χ2v) is 5.55. The maximum Gasteiger partial charge on any atom is 0.339 e. The Kier molecular flexibility index (Phi) is 3.65. The number of aryl methyl sites for hydroxylation is 3. The van der Waals surface area contributed by atoms with Crippen LogP contribution in [0.5, 0.6) is 5.75 Å². The Hall–Kier alpha value is -2.29. The smallest absolute Gasteiger partial charge is 0.339 e. The van der Waals surface area contributed by atoms with Gasteiger partial charge in [-0.25, -0.2) is 4.79 Å². The minimum Gasteiger partial charge on any atom is -0.488 e. The van der Waals surface area contributed by atoms with Crippen molar-refractivity contribution < 1.29 is 14.6 Å². The van der Waals surface area contributed by atoms with Crippen LogP contribution < -0.4 is 4.74 Å². The lowest BCUT2D eigenvalue weighted by Crippen LogP contribution is -2.04. The van der Waals surface area contributed by atoms with Crippen molar-refractivity contribution in [3.63, 3.8) is 0 Å². The quantitative estimate of drug-likeness (QED) is 0.928. The van der Waals surface area contributed by atoms with E-state index in [-0.39, 0.29) is 5.56 Å². The molecule has 0 spiro atoms. The molecule has 3 rings (SSSR count). The summed E-state index contributed by atoms with van der Waals surface area (Å²) in [5.41, 5.74) is 5.06. The molecule has 0 aromatic heterocycles. The van der Waals surface area contributed by atoms with Gasteiger partial charge in [-0.3, -0.25) is 0 Å². The number of carboxylic acids is 1. The lowest BCUT2D eigenvalue weighted by molar-refractivity contribution is 0.0691. The summed E-state index contributed by atoms with van der Waals surface area (Å²) in [6.45, 7) is 2.27. The van der Waals surface area contributed by atoms with Gasteiger partial charge in [0.05, 0.1) is 0 Å². The second kappa shape index (κ2) is 5.60. The largest absolute Gasteiger partial charge is 0.488 e. The van der Waals surface area contributed by atoms with Crippen LogP contribution in [0, 0.1) is 6.92 Å². The van der Waals surface area contributed by atoms with Gasteiger partial charge in [0.15, 0.2) is 0 Å². The van der Waals surface area contributed by atoms with Crippen molar-refractivity contribution >= 4 is 5.97 Å². The summed E-state index contributed by atoms with van der Waals surface area (Å²) in [6, 6.07) is 11.6. The Morgan fingerprint density at radius 1 is 1.14 bits per heavy atom. The second-order valence-electron chi connectivity index (χ2n) is 5.55. The Morgan fingerprint density at radius 2 is 1.95 bits per heavy atom. The molecule has 0 aliphatic heterocycles. The molecule has 2 aromatic rings. The Morgan fingerprint density at radius 3 is 2.76 bits per heavy atom. The summed E-state index contributed by atoms with van der Waals surface area (Å²) in [4.78, 5) is 11.3. The number of ether oxygens (including phenoxy) is 1. The van der Waals surface area contributed by atoms with E-state index in [1.807, 2.05) is 13.0 Å². The van der Waals surface area contributed by atoms with Gasteiger partial charge in [0, 0.05) is 0 Å². The Labute approximate surface area is 124 Å². The maximum atomic E-state index is 11.3. The molecular formula is C18H18O3. The molecule has 0 saturated carbocycles. The molecule has 21 heavy (non-hydrogen) atoms. The molecule has 0 fully saturated rings. The van der Waals surface area contributed by atoms with E-state index in [9.17, 15) is 9.90 Å². The number of aromatic carboxylic acids is 1.